The van der Waals surface area contributed by atoms with Crippen LogP contribution in [0.15, 0.2) is 42.5 Å². The lowest BCUT2D eigenvalue weighted by molar-refractivity contribution is -0.139. The van der Waals surface area contributed by atoms with Crippen molar-refractivity contribution in [1.82, 2.24) is 10.6 Å². The van der Waals surface area contributed by atoms with Crippen LogP contribution in [0.5, 0.6) is 0 Å². The second-order valence-corrected chi connectivity index (χ2v) is 6.93. The summed E-state index contributed by atoms with van der Waals surface area (Å²) in [5, 5.41) is 5.26. The molecule has 0 saturated heterocycles. The summed E-state index contributed by atoms with van der Waals surface area (Å²) in [6.45, 7) is 2.02. The average molecular weight is 367 g/mol. The summed E-state index contributed by atoms with van der Waals surface area (Å²) in [4.78, 5) is 24.8. The number of amides is 2. The summed E-state index contributed by atoms with van der Waals surface area (Å²) in [7, 11) is 1.54. The first-order chi connectivity index (χ1) is 11.5. The fourth-order valence-electron chi connectivity index (χ4n) is 2.15. The maximum Gasteiger partial charge on any atom is 0.309 e. The maximum absolute atomic E-state index is 12.0. The van der Waals surface area contributed by atoms with Gasteiger partial charge in [-0.15, -0.1) is 11.3 Å². The number of hydrogen-bond acceptors (Lipinski definition) is 4. The van der Waals surface area contributed by atoms with E-state index >= 15 is 0 Å². The molecular weight excluding hydrogens is 348 g/mol. The fourth-order valence-corrected chi connectivity index (χ4v) is 3.29. The molecule has 0 fully saturated rings. The van der Waals surface area contributed by atoms with Gasteiger partial charge in [0.1, 0.15) is 6.10 Å². The first-order valence-electron chi connectivity index (χ1n) is 7.43. The van der Waals surface area contributed by atoms with Crippen LogP contribution >= 0.6 is 22.9 Å². The minimum Gasteiger partial charge on any atom is -0.374 e. The Labute approximate surface area is 150 Å². The van der Waals surface area contributed by atoms with Crippen molar-refractivity contribution in [1.29, 1.82) is 0 Å². The highest BCUT2D eigenvalue weighted by Gasteiger charge is 2.19. The fraction of sp³-hybridized carbons (Fsp3) is 0.294. The van der Waals surface area contributed by atoms with E-state index in [2.05, 4.69) is 10.6 Å². The smallest absolute Gasteiger partial charge is 0.309 e. The van der Waals surface area contributed by atoms with Gasteiger partial charge in [-0.2, -0.15) is 0 Å². The number of halogens is 1. The van der Waals surface area contributed by atoms with E-state index in [0.29, 0.717) is 4.34 Å². The molecule has 0 bridgehead atoms. The third-order valence-corrected chi connectivity index (χ3v) is 4.82. The van der Waals surface area contributed by atoms with Crippen LogP contribution in [0.2, 0.25) is 4.34 Å². The van der Waals surface area contributed by atoms with E-state index < -0.39 is 11.8 Å². The zero-order chi connectivity index (χ0) is 17.5. The van der Waals surface area contributed by atoms with Crippen molar-refractivity contribution < 1.29 is 14.3 Å². The molecule has 0 saturated carbocycles. The highest BCUT2D eigenvalue weighted by molar-refractivity contribution is 7.16. The third-order valence-electron chi connectivity index (χ3n) is 3.50. The highest BCUT2D eigenvalue weighted by atomic mass is 35.5. The van der Waals surface area contributed by atoms with E-state index in [1.54, 1.807) is 13.2 Å². The Hall–Kier alpha value is -1.89. The molecule has 128 valence electrons. The molecule has 2 N–H and O–H groups in total. The van der Waals surface area contributed by atoms with Crippen molar-refractivity contribution in [2.24, 2.45) is 0 Å². The van der Waals surface area contributed by atoms with Crippen molar-refractivity contribution >= 4 is 34.8 Å². The molecule has 1 aromatic carbocycles. The number of methoxy groups -OCH3 is 1. The van der Waals surface area contributed by atoms with E-state index in [4.69, 9.17) is 16.3 Å². The van der Waals surface area contributed by atoms with E-state index in [-0.39, 0.29) is 18.7 Å². The van der Waals surface area contributed by atoms with Crippen LogP contribution < -0.4 is 10.6 Å². The van der Waals surface area contributed by atoms with Crippen LogP contribution in [-0.2, 0) is 14.3 Å². The van der Waals surface area contributed by atoms with Gasteiger partial charge in [0.25, 0.3) is 0 Å². The number of carbonyl (C=O) groups is 2. The lowest BCUT2D eigenvalue weighted by Gasteiger charge is -2.16. The topological polar surface area (TPSA) is 67.4 Å². The molecule has 1 aromatic heterocycles. The first-order valence-corrected chi connectivity index (χ1v) is 8.62. The van der Waals surface area contributed by atoms with E-state index in [0.717, 1.165) is 10.4 Å². The minimum absolute atomic E-state index is 0.194. The van der Waals surface area contributed by atoms with Crippen LogP contribution in [0.25, 0.3) is 0 Å². The van der Waals surface area contributed by atoms with Crippen molar-refractivity contribution in [2.75, 3.05) is 13.7 Å². The molecule has 2 amide bonds. The van der Waals surface area contributed by atoms with Gasteiger partial charge >= 0.3 is 11.8 Å². The largest absolute Gasteiger partial charge is 0.374 e. The highest BCUT2D eigenvalue weighted by Crippen LogP contribution is 2.28. The van der Waals surface area contributed by atoms with Crippen LogP contribution in [0.1, 0.15) is 29.5 Å². The summed E-state index contributed by atoms with van der Waals surface area (Å²) < 4.78 is 5.98. The van der Waals surface area contributed by atoms with E-state index in [1.807, 2.05) is 43.3 Å². The van der Waals surface area contributed by atoms with Crippen molar-refractivity contribution in [3.8, 4) is 0 Å². The molecule has 2 atom stereocenters. The predicted molar refractivity (Wildman–Crippen MR) is 95.1 cm³/mol. The number of nitrogens with one attached hydrogen (secondary N) is 2. The number of ether oxygens (including phenoxy) is 1. The average Bonchev–Trinajstić information content (AvgIpc) is 3.02. The summed E-state index contributed by atoms with van der Waals surface area (Å²) in [5.74, 6) is -1.37. The van der Waals surface area contributed by atoms with E-state index in [9.17, 15) is 9.59 Å². The molecule has 0 radical (unpaired) electrons. The van der Waals surface area contributed by atoms with Gasteiger partial charge in [-0.3, -0.25) is 9.59 Å². The molecule has 7 heteroatoms. The molecule has 24 heavy (non-hydrogen) atoms. The Kier molecular flexibility index (Phi) is 6.78. The summed E-state index contributed by atoms with van der Waals surface area (Å²) >= 11 is 7.28. The summed E-state index contributed by atoms with van der Waals surface area (Å²) in [6.07, 6.45) is -0.342. The summed E-state index contributed by atoms with van der Waals surface area (Å²) in [5.41, 5.74) is 0.932. The predicted octanol–water partition coefficient (Wildman–Crippen LogP) is 3.08. The lowest BCUT2D eigenvalue weighted by atomic mass is 10.1. The van der Waals surface area contributed by atoms with Gasteiger partial charge in [-0.1, -0.05) is 41.9 Å². The van der Waals surface area contributed by atoms with Crippen LogP contribution in [0, 0.1) is 0 Å². The SMILES string of the molecule is CO[C@@H](CNC(=O)C(=O)N[C@H](C)c1ccccc1)c1ccc(Cl)s1. The van der Waals surface area contributed by atoms with Gasteiger partial charge in [0.2, 0.25) is 0 Å². The lowest BCUT2D eigenvalue weighted by Crippen LogP contribution is -2.42. The zero-order valence-corrected chi connectivity index (χ0v) is 15.0. The molecule has 0 aliphatic rings. The minimum atomic E-state index is -0.692. The molecule has 0 aliphatic heterocycles. The Morgan fingerprint density at radius 1 is 1.17 bits per heavy atom. The quantitative estimate of drug-likeness (QED) is 0.772. The third kappa shape index (κ3) is 5.06. The Bertz CT molecular complexity index is 690. The number of benzene rings is 1. The number of hydrogen-bond donors (Lipinski definition) is 2. The standard InChI is InChI=1S/C17H19ClN2O3S/c1-11(12-6-4-3-5-7-12)20-17(22)16(21)19-10-13(23-2)14-8-9-15(18)24-14/h3-9,11,13H,10H2,1-2H3,(H,19,21)(H,20,22)/t11-,13+/m1/s1. The van der Waals surface area contributed by atoms with Crippen molar-refractivity contribution in [3.63, 3.8) is 0 Å². The van der Waals surface area contributed by atoms with Crippen molar-refractivity contribution in [2.45, 2.75) is 19.1 Å². The van der Waals surface area contributed by atoms with Crippen LogP contribution in [-0.4, -0.2) is 25.5 Å². The van der Waals surface area contributed by atoms with Crippen LogP contribution in [0.3, 0.4) is 0 Å². The first kappa shape index (κ1) is 18.4. The molecule has 0 aliphatic carbocycles. The van der Waals surface area contributed by atoms with Gasteiger partial charge in [-0.05, 0) is 24.6 Å². The molecule has 0 unspecified atom stereocenters. The van der Waals surface area contributed by atoms with E-state index in [1.165, 1.54) is 11.3 Å². The Morgan fingerprint density at radius 2 is 1.88 bits per heavy atom. The van der Waals surface area contributed by atoms with Gasteiger partial charge in [0, 0.05) is 18.5 Å². The molecule has 2 aromatic rings. The van der Waals surface area contributed by atoms with Gasteiger partial charge in [0.05, 0.1) is 10.4 Å². The monoisotopic (exact) mass is 366 g/mol. The normalized spacial score (nSPS) is 13.1. The van der Waals surface area contributed by atoms with Gasteiger partial charge in [0.15, 0.2) is 0 Å². The second-order valence-electron chi connectivity index (χ2n) is 5.18. The van der Waals surface area contributed by atoms with Gasteiger partial charge in [-0.25, -0.2) is 0 Å². The number of carbonyl (C=O) groups excluding carboxylic acids is 2. The molecule has 0 spiro atoms. The molecular formula is C17H19ClN2O3S. The Morgan fingerprint density at radius 3 is 2.46 bits per heavy atom. The maximum atomic E-state index is 12.0. The second kappa shape index (κ2) is 8.82. The molecule has 2 rings (SSSR count). The van der Waals surface area contributed by atoms with Gasteiger partial charge < -0.3 is 15.4 Å². The molecule has 5 nitrogen and oxygen atoms in total. The number of rotatable bonds is 6. The molecule has 1 heterocycles. The number of thiophene rings is 1. The Balaban J connectivity index is 1.86. The zero-order valence-electron chi connectivity index (χ0n) is 13.4. The van der Waals surface area contributed by atoms with Crippen molar-refractivity contribution in [3.05, 3.63) is 57.2 Å². The summed E-state index contributed by atoms with van der Waals surface area (Å²) in [6, 6.07) is 12.8. The van der Waals surface area contributed by atoms with Crippen LogP contribution in [0.4, 0.5) is 0 Å².